The van der Waals surface area contributed by atoms with E-state index in [1.165, 1.54) is 12.1 Å². The van der Waals surface area contributed by atoms with Gasteiger partial charge in [0.1, 0.15) is 6.04 Å². The van der Waals surface area contributed by atoms with Crippen LogP contribution in [0.5, 0.6) is 0 Å². The molecule has 2 unspecified atom stereocenters. The van der Waals surface area contributed by atoms with Gasteiger partial charge >= 0.3 is 12.1 Å². The van der Waals surface area contributed by atoms with Gasteiger partial charge in [-0.1, -0.05) is 30.3 Å². The minimum atomic E-state index is -4.77. The van der Waals surface area contributed by atoms with Gasteiger partial charge in [-0.15, -0.1) is 0 Å². The smallest absolute Gasteiger partial charge is 0.415 e. The van der Waals surface area contributed by atoms with E-state index in [2.05, 4.69) is 5.32 Å². The largest absolute Gasteiger partial charge is 0.480 e. The zero-order valence-electron chi connectivity index (χ0n) is 9.19. The molecule has 0 bridgehead atoms. The number of aliphatic carboxylic acids is 1. The van der Waals surface area contributed by atoms with E-state index in [1.54, 1.807) is 18.2 Å². The number of benzene rings is 1. The van der Waals surface area contributed by atoms with Crippen LogP contribution >= 0.6 is 0 Å². The van der Waals surface area contributed by atoms with Crippen LogP contribution in [0.1, 0.15) is 11.6 Å². The molecule has 0 fully saturated rings. The highest BCUT2D eigenvalue weighted by Gasteiger charge is 2.38. The molecule has 0 aliphatic carbocycles. The Morgan fingerprint density at radius 3 is 2.28 bits per heavy atom. The number of halogens is 3. The molecule has 18 heavy (non-hydrogen) atoms. The second kappa shape index (κ2) is 5.83. The maximum atomic E-state index is 12.1. The van der Waals surface area contributed by atoms with E-state index >= 15 is 0 Å². The van der Waals surface area contributed by atoms with Crippen molar-refractivity contribution in [3.05, 3.63) is 35.9 Å². The highest BCUT2D eigenvalue weighted by Crippen LogP contribution is 2.20. The van der Waals surface area contributed by atoms with E-state index in [0.29, 0.717) is 5.56 Å². The first-order chi connectivity index (χ1) is 8.32. The number of aliphatic hydroxyl groups excluding tert-OH is 1. The van der Waals surface area contributed by atoms with Crippen LogP contribution in [0, 0.1) is 0 Å². The van der Waals surface area contributed by atoms with Gasteiger partial charge in [0.05, 0.1) is 0 Å². The van der Waals surface area contributed by atoms with Crippen molar-refractivity contribution in [3.8, 4) is 0 Å². The van der Waals surface area contributed by atoms with Crippen LogP contribution in [-0.4, -0.2) is 35.0 Å². The van der Waals surface area contributed by atoms with Crippen molar-refractivity contribution >= 4 is 5.97 Å². The summed E-state index contributed by atoms with van der Waals surface area (Å²) >= 11 is 0. The molecule has 0 saturated carbocycles. The molecule has 4 nitrogen and oxygen atoms in total. The summed E-state index contributed by atoms with van der Waals surface area (Å²) in [6.45, 7) is -0.880. The van der Waals surface area contributed by atoms with Gasteiger partial charge in [-0.05, 0) is 5.56 Å². The average Bonchev–Trinajstić information content (AvgIpc) is 2.28. The van der Waals surface area contributed by atoms with Gasteiger partial charge in [0.2, 0.25) is 0 Å². The highest BCUT2D eigenvalue weighted by molar-refractivity contribution is 5.75. The predicted molar refractivity (Wildman–Crippen MR) is 56.9 cm³/mol. The van der Waals surface area contributed by atoms with E-state index in [1.807, 2.05) is 0 Å². The van der Waals surface area contributed by atoms with Crippen molar-refractivity contribution < 1.29 is 28.2 Å². The Morgan fingerprint density at radius 1 is 1.28 bits per heavy atom. The molecule has 0 aromatic heterocycles. The third kappa shape index (κ3) is 4.01. The molecule has 0 aliphatic rings. The van der Waals surface area contributed by atoms with Gasteiger partial charge in [0.15, 0.2) is 6.10 Å². The fraction of sp³-hybridized carbons (Fsp3) is 0.364. The standard InChI is InChI=1S/C11H12F3NO3/c12-11(13,14)8(16)6-15-9(10(17)18)7-4-2-1-3-5-7/h1-5,8-9,15-16H,6H2,(H,17,18). The zero-order valence-corrected chi connectivity index (χ0v) is 9.19. The Morgan fingerprint density at radius 2 is 1.83 bits per heavy atom. The van der Waals surface area contributed by atoms with Crippen molar-refractivity contribution in [1.29, 1.82) is 0 Å². The Bertz CT molecular complexity index is 394. The minimum absolute atomic E-state index is 0.319. The van der Waals surface area contributed by atoms with Crippen LogP contribution in [0.15, 0.2) is 30.3 Å². The van der Waals surface area contributed by atoms with Gasteiger partial charge in [-0.2, -0.15) is 13.2 Å². The number of carboxylic acids is 1. The van der Waals surface area contributed by atoms with Crippen molar-refractivity contribution in [1.82, 2.24) is 5.32 Å². The van der Waals surface area contributed by atoms with Gasteiger partial charge < -0.3 is 10.2 Å². The van der Waals surface area contributed by atoms with Gasteiger partial charge in [-0.3, -0.25) is 10.1 Å². The first kappa shape index (κ1) is 14.5. The third-order valence-corrected chi connectivity index (χ3v) is 2.27. The normalized spacial score (nSPS) is 15.1. The summed E-state index contributed by atoms with van der Waals surface area (Å²) in [5.74, 6) is -1.31. The molecular formula is C11H12F3NO3. The van der Waals surface area contributed by atoms with E-state index in [4.69, 9.17) is 10.2 Å². The lowest BCUT2D eigenvalue weighted by Gasteiger charge is -2.19. The third-order valence-electron chi connectivity index (χ3n) is 2.27. The molecule has 1 aromatic carbocycles. The molecule has 0 aliphatic heterocycles. The average molecular weight is 263 g/mol. The van der Waals surface area contributed by atoms with Crippen LogP contribution in [0.4, 0.5) is 13.2 Å². The summed E-state index contributed by atoms with van der Waals surface area (Å²) in [6.07, 6.45) is -7.37. The summed E-state index contributed by atoms with van der Waals surface area (Å²) in [7, 11) is 0. The number of hydrogen-bond acceptors (Lipinski definition) is 3. The summed E-state index contributed by atoms with van der Waals surface area (Å²) in [5, 5.41) is 19.9. The summed E-state index contributed by atoms with van der Waals surface area (Å²) in [4.78, 5) is 10.9. The summed E-state index contributed by atoms with van der Waals surface area (Å²) < 4.78 is 36.2. The van der Waals surface area contributed by atoms with Crippen LogP contribution in [0.3, 0.4) is 0 Å². The second-order valence-corrected chi connectivity index (χ2v) is 3.65. The highest BCUT2D eigenvalue weighted by atomic mass is 19.4. The number of hydrogen-bond donors (Lipinski definition) is 3. The van der Waals surface area contributed by atoms with Gasteiger partial charge in [0, 0.05) is 6.54 Å². The first-order valence-electron chi connectivity index (χ1n) is 5.08. The van der Waals surface area contributed by atoms with Crippen LogP contribution in [0.2, 0.25) is 0 Å². The summed E-state index contributed by atoms with van der Waals surface area (Å²) in [5.41, 5.74) is 0.319. The molecule has 1 rings (SSSR count). The number of alkyl halides is 3. The lowest BCUT2D eigenvalue weighted by Crippen LogP contribution is -2.41. The molecule has 0 amide bonds. The zero-order chi connectivity index (χ0) is 13.8. The molecular weight excluding hydrogens is 251 g/mol. The van der Waals surface area contributed by atoms with Crippen molar-refractivity contribution in [2.24, 2.45) is 0 Å². The van der Waals surface area contributed by atoms with E-state index < -0.39 is 30.8 Å². The van der Waals surface area contributed by atoms with Crippen LogP contribution < -0.4 is 5.32 Å². The SMILES string of the molecule is O=C(O)C(NCC(O)C(F)(F)F)c1ccccc1. The molecule has 0 spiro atoms. The Balaban J connectivity index is 2.69. The number of carbonyl (C=O) groups is 1. The van der Waals surface area contributed by atoms with Crippen LogP contribution in [0.25, 0.3) is 0 Å². The topological polar surface area (TPSA) is 69.6 Å². The van der Waals surface area contributed by atoms with Gasteiger partial charge in [-0.25, -0.2) is 0 Å². The number of nitrogens with one attached hydrogen (secondary N) is 1. The number of carboxylic acid groups (broad SMARTS) is 1. The molecule has 2 atom stereocenters. The maximum Gasteiger partial charge on any atom is 0.415 e. The molecule has 0 heterocycles. The Labute approximate surface area is 101 Å². The maximum absolute atomic E-state index is 12.1. The number of aliphatic hydroxyl groups is 1. The molecule has 1 aromatic rings. The molecule has 0 radical (unpaired) electrons. The van der Waals surface area contributed by atoms with Crippen molar-refractivity contribution in [2.45, 2.75) is 18.3 Å². The molecule has 0 saturated heterocycles. The van der Waals surface area contributed by atoms with Crippen molar-refractivity contribution in [2.75, 3.05) is 6.54 Å². The predicted octanol–water partition coefficient (Wildman–Crippen LogP) is 1.33. The number of rotatable bonds is 5. The van der Waals surface area contributed by atoms with E-state index in [9.17, 15) is 18.0 Å². The lowest BCUT2D eigenvalue weighted by molar-refractivity contribution is -0.202. The minimum Gasteiger partial charge on any atom is -0.480 e. The van der Waals surface area contributed by atoms with E-state index in [-0.39, 0.29) is 0 Å². The monoisotopic (exact) mass is 263 g/mol. The fourth-order valence-electron chi connectivity index (χ4n) is 1.34. The van der Waals surface area contributed by atoms with E-state index in [0.717, 1.165) is 0 Å². The Hall–Kier alpha value is -1.60. The second-order valence-electron chi connectivity index (χ2n) is 3.65. The quantitative estimate of drug-likeness (QED) is 0.749. The lowest BCUT2D eigenvalue weighted by atomic mass is 10.1. The molecule has 100 valence electrons. The summed E-state index contributed by atoms with van der Waals surface area (Å²) in [6, 6.07) is 6.48. The molecule has 3 N–H and O–H groups in total. The van der Waals surface area contributed by atoms with Crippen molar-refractivity contribution in [3.63, 3.8) is 0 Å². The molecule has 7 heteroatoms. The fourth-order valence-corrected chi connectivity index (χ4v) is 1.34. The van der Waals surface area contributed by atoms with Gasteiger partial charge in [0.25, 0.3) is 0 Å². The Kier molecular flexibility index (Phi) is 4.69. The van der Waals surface area contributed by atoms with Crippen LogP contribution in [-0.2, 0) is 4.79 Å². The first-order valence-corrected chi connectivity index (χ1v) is 5.08.